The zero-order valence-corrected chi connectivity index (χ0v) is 4.95. The number of hydrogen-bond donors (Lipinski definition) is 2. The highest BCUT2D eigenvalue weighted by molar-refractivity contribution is 7.80. The van der Waals surface area contributed by atoms with Gasteiger partial charge in [0.25, 0.3) is 11.3 Å². The van der Waals surface area contributed by atoms with Crippen molar-refractivity contribution in [2.24, 2.45) is 0 Å². The van der Waals surface area contributed by atoms with E-state index in [9.17, 15) is 4.21 Å². The molecule has 2 N–H and O–H groups in total. The first kappa shape index (κ1) is 6.11. The van der Waals surface area contributed by atoms with Crippen molar-refractivity contribution in [3.05, 3.63) is 6.33 Å². The van der Waals surface area contributed by atoms with Gasteiger partial charge in [0.05, 0.1) is 0 Å². The highest BCUT2D eigenvalue weighted by Gasteiger charge is 1.91. The summed E-state index contributed by atoms with van der Waals surface area (Å²) in [6.45, 7) is 0. The Kier molecular flexibility index (Phi) is 1.70. The Labute approximate surface area is 52.4 Å². The van der Waals surface area contributed by atoms with Crippen LogP contribution >= 0.6 is 0 Å². The molecule has 0 aliphatic heterocycles. The van der Waals surface area contributed by atoms with E-state index in [2.05, 4.69) is 15.5 Å². The van der Waals surface area contributed by atoms with E-state index in [1.54, 1.807) is 0 Å². The number of nitrogens with zero attached hydrogens (tertiary/aromatic N) is 4. The van der Waals surface area contributed by atoms with E-state index in [4.69, 9.17) is 4.55 Å². The van der Waals surface area contributed by atoms with Crippen molar-refractivity contribution in [3.8, 4) is 0 Å². The largest absolute Gasteiger partial charge is 0.288 e. The molecule has 50 valence electrons. The molecule has 0 spiro atoms. The molecule has 1 heterocycles. The summed E-state index contributed by atoms with van der Waals surface area (Å²) in [6, 6.07) is 0. The minimum absolute atomic E-state index is 0.927. The van der Waals surface area contributed by atoms with Crippen molar-refractivity contribution < 1.29 is 8.76 Å². The molecular weight excluding hydrogens is 146 g/mol. The molecule has 8 heteroatoms. The van der Waals surface area contributed by atoms with E-state index in [0.717, 1.165) is 11.1 Å². The Morgan fingerprint density at radius 2 is 2.56 bits per heavy atom. The van der Waals surface area contributed by atoms with Gasteiger partial charge >= 0.3 is 0 Å². The normalized spacial score (nSPS) is 13.0. The zero-order valence-electron chi connectivity index (χ0n) is 4.13. The van der Waals surface area contributed by atoms with Crippen molar-refractivity contribution >= 4 is 11.3 Å². The fourth-order valence-corrected chi connectivity index (χ4v) is 0.527. The van der Waals surface area contributed by atoms with Gasteiger partial charge < -0.3 is 0 Å². The van der Waals surface area contributed by atoms with Crippen molar-refractivity contribution in [3.63, 3.8) is 0 Å². The minimum atomic E-state index is -2.12. The quantitative estimate of drug-likeness (QED) is 0.491. The third kappa shape index (κ3) is 1.74. The van der Waals surface area contributed by atoms with Crippen LogP contribution < -0.4 is 4.83 Å². The fourth-order valence-electron chi connectivity index (χ4n) is 0.283. The molecule has 0 saturated carbocycles. The van der Waals surface area contributed by atoms with Gasteiger partial charge in [-0.05, 0) is 10.4 Å². The van der Waals surface area contributed by atoms with Gasteiger partial charge in [0.15, 0.2) is 6.33 Å². The second kappa shape index (κ2) is 2.51. The third-order valence-corrected chi connectivity index (χ3v) is 0.864. The van der Waals surface area contributed by atoms with Crippen molar-refractivity contribution in [2.45, 2.75) is 0 Å². The lowest BCUT2D eigenvalue weighted by Crippen LogP contribution is -2.16. The molecule has 0 bridgehead atoms. The lowest BCUT2D eigenvalue weighted by atomic mass is 11.4. The van der Waals surface area contributed by atoms with Crippen LogP contribution in [0.4, 0.5) is 0 Å². The molecule has 0 fully saturated rings. The van der Waals surface area contributed by atoms with Crippen LogP contribution in [0.2, 0.25) is 0 Å². The van der Waals surface area contributed by atoms with Crippen LogP contribution in [-0.2, 0) is 11.3 Å². The molecule has 1 aromatic rings. The molecule has 1 atom stereocenters. The summed E-state index contributed by atoms with van der Waals surface area (Å²) in [5, 5.41) is 9.65. The maximum atomic E-state index is 9.95. The molecule has 7 nitrogen and oxygen atoms in total. The van der Waals surface area contributed by atoms with Gasteiger partial charge in [0.2, 0.25) is 0 Å². The lowest BCUT2D eigenvalue weighted by Gasteiger charge is -1.93. The number of tetrazole rings is 1. The van der Waals surface area contributed by atoms with E-state index in [1.807, 2.05) is 4.83 Å². The van der Waals surface area contributed by atoms with Gasteiger partial charge in [0.1, 0.15) is 0 Å². The van der Waals surface area contributed by atoms with E-state index in [-0.39, 0.29) is 0 Å². The van der Waals surface area contributed by atoms with Crippen LogP contribution in [0, 0.1) is 0 Å². The van der Waals surface area contributed by atoms with Crippen LogP contribution in [0.3, 0.4) is 0 Å². The van der Waals surface area contributed by atoms with Crippen LogP contribution in [-0.4, -0.2) is 29.1 Å². The van der Waals surface area contributed by atoms with Crippen molar-refractivity contribution in [2.75, 3.05) is 4.83 Å². The van der Waals surface area contributed by atoms with Gasteiger partial charge in [-0.25, -0.2) is 4.21 Å². The highest BCUT2D eigenvalue weighted by Crippen LogP contribution is 1.69. The van der Waals surface area contributed by atoms with Crippen molar-refractivity contribution in [1.29, 1.82) is 0 Å². The summed E-state index contributed by atoms with van der Waals surface area (Å²) in [5.41, 5.74) is 0. The summed E-state index contributed by atoms with van der Waals surface area (Å²) in [5.74, 6) is 0. The molecule has 0 radical (unpaired) electrons. The molecule has 0 saturated heterocycles. The average Bonchev–Trinajstić information content (AvgIpc) is 2.15. The first-order valence-corrected chi connectivity index (χ1v) is 3.00. The Hall–Kier alpha value is -1.02. The smallest absolute Gasteiger partial charge is 0.275 e. The van der Waals surface area contributed by atoms with Gasteiger partial charge in [0, 0.05) is 0 Å². The predicted octanol–water partition coefficient (Wildman–Crippen LogP) is -1.65. The second-order valence-corrected chi connectivity index (χ2v) is 1.78. The van der Waals surface area contributed by atoms with E-state index < -0.39 is 11.3 Å². The van der Waals surface area contributed by atoms with Crippen LogP contribution in [0.25, 0.3) is 0 Å². The van der Waals surface area contributed by atoms with Gasteiger partial charge in [-0.2, -0.15) is 4.83 Å². The Morgan fingerprint density at radius 3 is 3.00 bits per heavy atom. The first-order valence-electron chi connectivity index (χ1n) is 1.89. The highest BCUT2D eigenvalue weighted by atomic mass is 32.2. The first-order chi connectivity index (χ1) is 4.29. The number of hydrogen-bond acceptors (Lipinski definition) is 4. The number of rotatable bonds is 2. The molecule has 0 aliphatic rings. The summed E-state index contributed by atoms with van der Waals surface area (Å²) < 4.78 is 18.1. The summed E-state index contributed by atoms with van der Waals surface area (Å²) >= 11 is -2.12. The van der Waals surface area contributed by atoms with Gasteiger partial charge in [-0.1, -0.05) is 0 Å². The van der Waals surface area contributed by atoms with Crippen LogP contribution in [0.1, 0.15) is 0 Å². The molecule has 0 aromatic carbocycles. The number of aromatic nitrogens is 4. The van der Waals surface area contributed by atoms with Crippen LogP contribution in [0.15, 0.2) is 6.33 Å². The summed E-state index contributed by atoms with van der Waals surface area (Å²) in [4.78, 5) is 2.92. The third-order valence-electron chi connectivity index (χ3n) is 0.521. The minimum Gasteiger partial charge on any atom is -0.288 e. The predicted molar refractivity (Wildman–Crippen MR) is 27.9 cm³/mol. The van der Waals surface area contributed by atoms with Crippen LogP contribution in [0.5, 0.6) is 0 Å². The summed E-state index contributed by atoms with van der Waals surface area (Å²) in [6.07, 6.45) is 1.16. The van der Waals surface area contributed by atoms with Gasteiger partial charge in [-0.15, -0.1) is 9.89 Å². The molecule has 1 aromatic heterocycles. The van der Waals surface area contributed by atoms with E-state index >= 15 is 0 Å². The van der Waals surface area contributed by atoms with E-state index in [1.165, 1.54) is 0 Å². The van der Waals surface area contributed by atoms with Crippen molar-refractivity contribution in [1.82, 2.24) is 20.3 Å². The summed E-state index contributed by atoms with van der Waals surface area (Å²) in [7, 11) is 0. The molecule has 1 rings (SSSR count). The molecular formula is CH3N5O2S. The Bertz CT molecular complexity index is 195. The van der Waals surface area contributed by atoms with E-state index in [0.29, 0.717) is 0 Å². The SMILES string of the molecule is O=S(O)Nn1cnnn1. The maximum Gasteiger partial charge on any atom is 0.275 e. The Morgan fingerprint density at radius 1 is 1.78 bits per heavy atom. The van der Waals surface area contributed by atoms with Gasteiger partial charge in [-0.3, -0.25) is 4.55 Å². The number of nitrogens with one attached hydrogen (secondary N) is 1. The zero-order chi connectivity index (χ0) is 6.69. The molecule has 1 unspecified atom stereocenters. The topological polar surface area (TPSA) is 92.9 Å². The standard InChI is InChI=1S/CH3N5O2S/c7-9(8)5-6-1-2-3-4-6/h1,5H,(H,7,8). The Balaban J connectivity index is 2.58. The lowest BCUT2D eigenvalue weighted by molar-refractivity contribution is 0.559. The molecule has 0 amide bonds. The monoisotopic (exact) mass is 149 g/mol. The maximum absolute atomic E-state index is 9.95. The second-order valence-electron chi connectivity index (χ2n) is 1.09. The molecule has 9 heavy (non-hydrogen) atoms. The fraction of sp³-hybridized carbons (Fsp3) is 0. The average molecular weight is 149 g/mol. The molecule has 0 aliphatic carbocycles.